The normalized spacial score (nSPS) is 13.8. The number of likely N-dealkylation sites (N-methyl/N-ethyl adjacent to an activating group) is 1. The van der Waals surface area contributed by atoms with E-state index in [0.29, 0.717) is 5.69 Å². The van der Waals surface area contributed by atoms with Crippen LogP contribution in [-0.4, -0.2) is 56.0 Å². The number of imide groups is 1. The molecule has 0 saturated carbocycles. The second-order valence-electron chi connectivity index (χ2n) is 6.55. The zero-order chi connectivity index (χ0) is 20.6. The van der Waals surface area contributed by atoms with Gasteiger partial charge in [-0.05, 0) is 37.3 Å². The van der Waals surface area contributed by atoms with Crippen molar-refractivity contribution in [2.24, 2.45) is 0 Å². The van der Waals surface area contributed by atoms with E-state index in [1.807, 2.05) is 6.92 Å². The highest BCUT2D eigenvalue weighted by Gasteiger charge is 2.33. The van der Waals surface area contributed by atoms with Gasteiger partial charge in [0, 0.05) is 19.8 Å². The minimum Gasteiger partial charge on any atom is -0.325 e. The highest BCUT2D eigenvalue weighted by molar-refractivity contribution is 7.89. The zero-order valence-electron chi connectivity index (χ0n) is 15.6. The van der Waals surface area contributed by atoms with E-state index < -0.39 is 34.3 Å². The van der Waals surface area contributed by atoms with Crippen LogP contribution in [0.5, 0.6) is 0 Å². The number of hydrogen-bond acceptors (Lipinski definition) is 5. The van der Waals surface area contributed by atoms with Crippen molar-refractivity contribution in [3.8, 4) is 0 Å². The van der Waals surface area contributed by atoms with Gasteiger partial charge in [0.1, 0.15) is 0 Å². The van der Waals surface area contributed by atoms with Crippen LogP contribution >= 0.6 is 0 Å². The van der Waals surface area contributed by atoms with Crippen molar-refractivity contribution in [1.29, 1.82) is 0 Å². The molecule has 1 aliphatic rings. The van der Waals surface area contributed by atoms with E-state index in [1.54, 1.807) is 12.1 Å². The van der Waals surface area contributed by atoms with Gasteiger partial charge in [-0.3, -0.25) is 19.3 Å². The second kappa shape index (κ2) is 7.17. The molecule has 1 heterocycles. The van der Waals surface area contributed by atoms with Gasteiger partial charge in [0.05, 0.1) is 22.6 Å². The number of sulfonamides is 1. The highest BCUT2D eigenvalue weighted by Crippen LogP contribution is 2.24. The summed E-state index contributed by atoms with van der Waals surface area (Å²) in [6, 6.07) is 10.7. The fraction of sp³-hybridized carbons (Fsp3) is 0.211. The number of benzene rings is 2. The van der Waals surface area contributed by atoms with Gasteiger partial charge in [-0.2, -0.15) is 4.31 Å². The molecule has 146 valence electrons. The van der Waals surface area contributed by atoms with E-state index in [1.165, 1.54) is 44.4 Å². The summed E-state index contributed by atoms with van der Waals surface area (Å²) in [5, 5.41) is 2.56. The molecule has 0 aliphatic carbocycles. The number of anilines is 1. The molecule has 28 heavy (non-hydrogen) atoms. The number of aryl methyl sites for hydroxylation is 1. The third-order valence-electron chi connectivity index (χ3n) is 4.47. The Morgan fingerprint density at radius 1 is 1.04 bits per heavy atom. The van der Waals surface area contributed by atoms with E-state index in [0.717, 1.165) is 14.8 Å². The van der Waals surface area contributed by atoms with Gasteiger partial charge in [-0.15, -0.1) is 0 Å². The summed E-state index contributed by atoms with van der Waals surface area (Å²) in [6.07, 6.45) is 0. The second-order valence-corrected chi connectivity index (χ2v) is 8.60. The SMILES string of the molecule is Cc1ccc(S(=O)(=O)N(C)CC(=O)Nc2ccc3c(c2)C(=O)N(C)C3=O)cc1. The minimum absolute atomic E-state index is 0.0954. The maximum atomic E-state index is 12.6. The number of fused-ring (bicyclic) bond motifs is 1. The molecule has 0 aromatic heterocycles. The number of nitrogens with one attached hydrogen (secondary N) is 1. The van der Waals surface area contributed by atoms with Crippen molar-refractivity contribution in [3.05, 3.63) is 59.2 Å². The fourth-order valence-electron chi connectivity index (χ4n) is 2.82. The molecule has 0 radical (unpaired) electrons. The summed E-state index contributed by atoms with van der Waals surface area (Å²) in [7, 11) is -1.11. The predicted octanol–water partition coefficient (Wildman–Crippen LogP) is 1.48. The topological polar surface area (TPSA) is 104 Å². The molecular formula is C19H19N3O5S. The van der Waals surface area contributed by atoms with Crippen LogP contribution in [0.2, 0.25) is 0 Å². The third-order valence-corrected chi connectivity index (χ3v) is 6.29. The van der Waals surface area contributed by atoms with Crippen LogP contribution in [-0.2, 0) is 14.8 Å². The number of nitrogens with zero attached hydrogens (tertiary/aromatic N) is 2. The summed E-state index contributed by atoms with van der Waals surface area (Å²) >= 11 is 0. The van der Waals surface area contributed by atoms with Gasteiger partial charge in [0.15, 0.2) is 0 Å². The quantitative estimate of drug-likeness (QED) is 0.765. The Bertz CT molecular complexity index is 1080. The molecule has 0 spiro atoms. The molecule has 0 fully saturated rings. The average Bonchev–Trinajstić information content (AvgIpc) is 2.86. The van der Waals surface area contributed by atoms with Crippen molar-refractivity contribution < 1.29 is 22.8 Å². The molecule has 0 unspecified atom stereocenters. The molecular weight excluding hydrogens is 382 g/mol. The number of carbonyl (C=O) groups excluding carboxylic acids is 3. The first-order valence-corrected chi connectivity index (χ1v) is 9.84. The molecule has 1 aliphatic heterocycles. The Morgan fingerprint density at radius 3 is 2.29 bits per heavy atom. The Kier molecular flexibility index (Phi) is 5.05. The lowest BCUT2D eigenvalue weighted by Gasteiger charge is -2.17. The number of hydrogen-bond donors (Lipinski definition) is 1. The van der Waals surface area contributed by atoms with Crippen molar-refractivity contribution >= 4 is 33.4 Å². The molecule has 0 saturated heterocycles. The van der Waals surface area contributed by atoms with E-state index in [9.17, 15) is 22.8 Å². The lowest BCUT2D eigenvalue weighted by Crippen LogP contribution is -2.35. The van der Waals surface area contributed by atoms with E-state index in [-0.39, 0.29) is 16.0 Å². The standard InChI is InChI=1S/C19H19N3O5S/c1-12-4-7-14(8-5-12)28(26,27)21(2)11-17(23)20-13-6-9-15-16(10-13)19(25)22(3)18(15)24/h4-10H,11H2,1-3H3,(H,20,23). The molecule has 2 aromatic rings. The average molecular weight is 401 g/mol. The summed E-state index contributed by atoms with van der Waals surface area (Å²) in [5.74, 6) is -1.42. The Hall–Kier alpha value is -3.04. The van der Waals surface area contributed by atoms with Gasteiger partial charge in [-0.25, -0.2) is 8.42 Å². The Labute approximate surface area is 162 Å². The van der Waals surface area contributed by atoms with Crippen LogP contribution in [0.25, 0.3) is 0 Å². The van der Waals surface area contributed by atoms with Crippen LogP contribution in [0.15, 0.2) is 47.4 Å². The van der Waals surface area contributed by atoms with Gasteiger partial charge in [0.25, 0.3) is 11.8 Å². The summed E-state index contributed by atoms with van der Waals surface area (Å²) in [5.41, 5.74) is 1.70. The van der Waals surface area contributed by atoms with Gasteiger partial charge in [0.2, 0.25) is 15.9 Å². The molecule has 9 heteroatoms. The number of amides is 3. The van der Waals surface area contributed by atoms with Crippen molar-refractivity contribution in [3.63, 3.8) is 0 Å². The molecule has 0 atom stereocenters. The van der Waals surface area contributed by atoms with Gasteiger partial charge < -0.3 is 5.32 Å². The Balaban J connectivity index is 1.72. The minimum atomic E-state index is -3.81. The van der Waals surface area contributed by atoms with Crippen LogP contribution in [0.1, 0.15) is 26.3 Å². The summed E-state index contributed by atoms with van der Waals surface area (Å²) < 4.78 is 26.1. The largest absolute Gasteiger partial charge is 0.325 e. The molecule has 3 amide bonds. The lowest BCUT2D eigenvalue weighted by atomic mass is 10.1. The predicted molar refractivity (Wildman–Crippen MR) is 102 cm³/mol. The van der Waals surface area contributed by atoms with Crippen LogP contribution in [0.4, 0.5) is 5.69 Å². The van der Waals surface area contributed by atoms with Crippen LogP contribution in [0.3, 0.4) is 0 Å². The van der Waals surface area contributed by atoms with Crippen LogP contribution in [0, 0.1) is 6.92 Å². The van der Waals surface area contributed by atoms with Gasteiger partial charge in [-0.1, -0.05) is 17.7 Å². The maximum absolute atomic E-state index is 12.6. The first kappa shape index (κ1) is 19.7. The van der Waals surface area contributed by atoms with Gasteiger partial charge >= 0.3 is 0 Å². The first-order valence-electron chi connectivity index (χ1n) is 8.40. The fourth-order valence-corrected chi connectivity index (χ4v) is 3.94. The van der Waals surface area contributed by atoms with Crippen molar-refractivity contribution in [1.82, 2.24) is 9.21 Å². The van der Waals surface area contributed by atoms with E-state index in [4.69, 9.17) is 0 Å². The number of rotatable bonds is 5. The molecule has 2 aromatic carbocycles. The van der Waals surface area contributed by atoms with E-state index >= 15 is 0 Å². The summed E-state index contributed by atoms with van der Waals surface area (Å²) in [6.45, 7) is 1.44. The monoisotopic (exact) mass is 401 g/mol. The zero-order valence-corrected chi connectivity index (χ0v) is 16.4. The molecule has 1 N–H and O–H groups in total. The first-order chi connectivity index (χ1) is 13.1. The third kappa shape index (κ3) is 3.54. The van der Waals surface area contributed by atoms with E-state index in [2.05, 4.69) is 5.32 Å². The van der Waals surface area contributed by atoms with Crippen LogP contribution < -0.4 is 5.32 Å². The summed E-state index contributed by atoms with van der Waals surface area (Å²) in [4.78, 5) is 37.3. The Morgan fingerprint density at radius 2 is 1.64 bits per heavy atom. The lowest BCUT2D eigenvalue weighted by molar-refractivity contribution is -0.116. The molecule has 3 rings (SSSR count). The smallest absolute Gasteiger partial charge is 0.261 e. The molecule has 8 nitrogen and oxygen atoms in total. The maximum Gasteiger partial charge on any atom is 0.261 e. The van der Waals surface area contributed by atoms with Crippen molar-refractivity contribution in [2.75, 3.05) is 26.0 Å². The van der Waals surface area contributed by atoms with Crippen molar-refractivity contribution in [2.45, 2.75) is 11.8 Å². The molecule has 0 bridgehead atoms. The highest BCUT2D eigenvalue weighted by atomic mass is 32.2. The number of carbonyl (C=O) groups is 3.